The van der Waals surface area contributed by atoms with E-state index < -0.39 is 5.79 Å². The highest BCUT2D eigenvalue weighted by molar-refractivity contribution is 5.37. The van der Waals surface area contributed by atoms with Crippen molar-refractivity contribution in [2.24, 2.45) is 0 Å². The third-order valence-electron chi connectivity index (χ3n) is 2.84. The molecule has 14 heavy (non-hydrogen) atoms. The predicted octanol–water partition coefficient (Wildman–Crippen LogP) is 1.05. The standard InChI is InChI=1S/C11H14O3/c1-13-10-7-8-5-3-4-6-9(8)11(10,12)14-2/h3-6,10,12H,7H2,1-2H3. The maximum absolute atomic E-state index is 10.3. The Labute approximate surface area is 83.3 Å². The Kier molecular flexibility index (Phi) is 2.31. The fraction of sp³-hybridized carbons (Fsp3) is 0.455. The molecule has 2 unspecified atom stereocenters. The van der Waals surface area contributed by atoms with Crippen LogP contribution in [0.1, 0.15) is 11.1 Å². The molecule has 0 amide bonds. The molecule has 2 atom stereocenters. The van der Waals surface area contributed by atoms with Gasteiger partial charge in [-0.2, -0.15) is 0 Å². The summed E-state index contributed by atoms with van der Waals surface area (Å²) in [5.74, 6) is -1.29. The van der Waals surface area contributed by atoms with Gasteiger partial charge < -0.3 is 14.6 Å². The van der Waals surface area contributed by atoms with Crippen LogP contribution < -0.4 is 0 Å². The van der Waals surface area contributed by atoms with Gasteiger partial charge in [0.05, 0.1) is 0 Å². The van der Waals surface area contributed by atoms with E-state index in [1.807, 2.05) is 24.3 Å². The van der Waals surface area contributed by atoms with E-state index in [-0.39, 0.29) is 6.10 Å². The van der Waals surface area contributed by atoms with Gasteiger partial charge in [0.1, 0.15) is 6.10 Å². The lowest BCUT2D eigenvalue weighted by atomic mass is 10.1. The summed E-state index contributed by atoms with van der Waals surface area (Å²) in [7, 11) is 3.08. The maximum atomic E-state index is 10.3. The minimum atomic E-state index is -1.29. The fourth-order valence-electron chi connectivity index (χ4n) is 2.04. The number of hydrogen-bond donors (Lipinski definition) is 1. The number of hydrogen-bond acceptors (Lipinski definition) is 3. The molecule has 0 radical (unpaired) electrons. The van der Waals surface area contributed by atoms with Crippen LogP contribution in [0.25, 0.3) is 0 Å². The van der Waals surface area contributed by atoms with E-state index in [2.05, 4.69) is 0 Å². The number of aliphatic hydroxyl groups is 1. The van der Waals surface area contributed by atoms with Crippen molar-refractivity contribution in [1.29, 1.82) is 0 Å². The quantitative estimate of drug-likeness (QED) is 0.715. The summed E-state index contributed by atoms with van der Waals surface area (Å²) in [6.07, 6.45) is 0.377. The fourth-order valence-corrected chi connectivity index (χ4v) is 2.04. The molecule has 1 aliphatic carbocycles. The van der Waals surface area contributed by atoms with Gasteiger partial charge in [0.25, 0.3) is 0 Å². The Morgan fingerprint density at radius 2 is 2.07 bits per heavy atom. The Bertz CT molecular complexity index is 337. The summed E-state index contributed by atoms with van der Waals surface area (Å²) in [5, 5.41) is 10.3. The van der Waals surface area contributed by atoms with Crippen molar-refractivity contribution >= 4 is 0 Å². The topological polar surface area (TPSA) is 38.7 Å². The van der Waals surface area contributed by atoms with E-state index in [9.17, 15) is 5.11 Å². The lowest BCUT2D eigenvalue weighted by Gasteiger charge is -2.28. The monoisotopic (exact) mass is 194 g/mol. The van der Waals surface area contributed by atoms with Crippen molar-refractivity contribution < 1.29 is 14.6 Å². The zero-order chi connectivity index (χ0) is 10.2. The number of methoxy groups -OCH3 is 2. The number of benzene rings is 1. The molecule has 2 rings (SSSR count). The van der Waals surface area contributed by atoms with E-state index in [1.165, 1.54) is 7.11 Å². The smallest absolute Gasteiger partial charge is 0.219 e. The zero-order valence-electron chi connectivity index (χ0n) is 8.36. The van der Waals surface area contributed by atoms with Gasteiger partial charge in [-0.1, -0.05) is 24.3 Å². The molecule has 0 saturated carbocycles. The van der Waals surface area contributed by atoms with Crippen molar-refractivity contribution in [3.8, 4) is 0 Å². The van der Waals surface area contributed by atoms with Crippen LogP contribution in [-0.2, 0) is 21.7 Å². The second-order valence-corrected chi connectivity index (χ2v) is 3.49. The maximum Gasteiger partial charge on any atom is 0.219 e. The highest BCUT2D eigenvalue weighted by Gasteiger charge is 2.46. The molecule has 0 fully saturated rings. The minimum absolute atomic E-state index is 0.315. The Hall–Kier alpha value is -0.900. The second-order valence-electron chi connectivity index (χ2n) is 3.49. The SMILES string of the molecule is COC1Cc2ccccc2C1(O)OC. The Balaban J connectivity index is 2.47. The summed E-state index contributed by atoms with van der Waals surface area (Å²) >= 11 is 0. The van der Waals surface area contributed by atoms with E-state index in [1.54, 1.807) is 7.11 Å². The molecule has 0 heterocycles. The van der Waals surface area contributed by atoms with Gasteiger partial charge in [-0.15, -0.1) is 0 Å². The first-order valence-electron chi connectivity index (χ1n) is 4.61. The van der Waals surface area contributed by atoms with Crippen molar-refractivity contribution in [3.63, 3.8) is 0 Å². The molecule has 0 aliphatic heterocycles. The summed E-state index contributed by atoms with van der Waals surface area (Å²) < 4.78 is 10.4. The molecule has 3 heteroatoms. The van der Waals surface area contributed by atoms with E-state index in [0.717, 1.165) is 11.1 Å². The van der Waals surface area contributed by atoms with Gasteiger partial charge >= 0.3 is 0 Å². The first kappa shape index (κ1) is 9.65. The second kappa shape index (κ2) is 3.35. The Morgan fingerprint density at radius 1 is 1.36 bits per heavy atom. The molecule has 1 aromatic carbocycles. The average Bonchev–Trinajstić information content (AvgIpc) is 2.53. The van der Waals surface area contributed by atoms with E-state index in [0.29, 0.717) is 6.42 Å². The van der Waals surface area contributed by atoms with Crippen LogP contribution in [0.5, 0.6) is 0 Å². The molecular formula is C11H14O3. The highest BCUT2D eigenvalue weighted by Crippen LogP contribution is 2.38. The molecular weight excluding hydrogens is 180 g/mol. The molecule has 1 aromatic rings. The lowest BCUT2D eigenvalue weighted by molar-refractivity contribution is -0.249. The number of ether oxygens (including phenoxy) is 2. The zero-order valence-corrected chi connectivity index (χ0v) is 8.36. The van der Waals surface area contributed by atoms with Crippen LogP contribution in [-0.4, -0.2) is 25.4 Å². The molecule has 0 aromatic heterocycles. The summed E-state index contributed by atoms with van der Waals surface area (Å²) in [6.45, 7) is 0. The molecule has 76 valence electrons. The predicted molar refractivity (Wildman–Crippen MR) is 51.8 cm³/mol. The average molecular weight is 194 g/mol. The van der Waals surface area contributed by atoms with Crippen molar-refractivity contribution in [1.82, 2.24) is 0 Å². The number of fused-ring (bicyclic) bond motifs is 1. The van der Waals surface area contributed by atoms with Gasteiger partial charge in [-0.25, -0.2) is 0 Å². The van der Waals surface area contributed by atoms with E-state index >= 15 is 0 Å². The summed E-state index contributed by atoms with van der Waals surface area (Å²) in [4.78, 5) is 0. The van der Waals surface area contributed by atoms with Crippen LogP contribution in [0.4, 0.5) is 0 Å². The van der Waals surface area contributed by atoms with Crippen molar-refractivity contribution in [3.05, 3.63) is 35.4 Å². The van der Waals surface area contributed by atoms with E-state index in [4.69, 9.17) is 9.47 Å². The van der Waals surface area contributed by atoms with Gasteiger partial charge in [0.2, 0.25) is 5.79 Å². The minimum Gasteiger partial charge on any atom is -0.375 e. The number of rotatable bonds is 2. The molecule has 1 N–H and O–H groups in total. The van der Waals surface area contributed by atoms with Gasteiger partial charge in [0, 0.05) is 26.2 Å². The van der Waals surface area contributed by atoms with Crippen LogP contribution in [0.15, 0.2) is 24.3 Å². The molecule has 0 bridgehead atoms. The molecule has 3 nitrogen and oxygen atoms in total. The highest BCUT2D eigenvalue weighted by atomic mass is 16.6. The molecule has 0 saturated heterocycles. The summed E-state index contributed by atoms with van der Waals surface area (Å²) in [6, 6.07) is 7.70. The lowest BCUT2D eigenvalue weighted by Crippen LogP contribution is -2.38. The first-order chi connectivity index (χ1) is 6.72. The van der Waals surface area contributed by atoms with Crippen molar-refractivity contribution in [2.45, 2.75) is 18.3 Å². The van der Waals surface area contributed by atoms with Gasteiger partial charge in [0.15, 0.2) is 0 Å². The van der Waals surface area contributed by atoms with Gasteiger partial charge in [-0.3, -0.25) is 0 Å². The largest absolute Gasteiger partial charge is 0.375 e. The van der Waals surface area contributed by atoms with Crippen LogP contribution >= 0.6 is 0 Å². The first-order valence-corrected chi connectivity index (χ1v) is 4.61. The third-order valence-corrected chi connectivity index (χ3v) is 2.84. The van der Waals surface area contributed by atoms with Crippen LogP contribution in [0.2, 0.25) is 0 Å². The van der Waals surface area contributed by atoms with Crippen molar-refractivity contribution in [2.75, 3.05) is 14.2 Å². The normalized spacial score (nSPS) is 30.4. The Morgan fingerprint density at radius 3 is 2.71 bits per heavy atom. The van der Waals surface area contributed by atoms with Gasteiger partial charge in [-0.05, 0) is 5.56 Å². The van der Waals surface area contributed by atoms with Crippen LogP contribution in [0.3, 0.4) is 0 Å². The molecule has 0 spiro atoms. The summed E-state index contributed by atoms with van der Waals surface area (Å²) in [5.41, 5.74) is 1.90. The van der Waals surface area contributed by atoms with Crippen LogP contribution in [0, 0.1) is 0 Å². The third kappa shape index (κ3) is 1.17. The molecule has 1 aliphatic rings.